The summed E-state index contributed by atoms with van der Waals surface area (Å²) in [5.74, 6) is -0.418. The molecule has 0 saturated carbocycles. The quantitative estimate of drug-likeness (QED) is 0.400. The molecule has 1 aliphatic rings. The van der Waals surface area contributed by atoms with Crippen LogP contribution in [0.3, 0.4) is 0 Å². The molecule has 0 atom stereocenters. The van der Waals surface area contributed by atoms with Crippen LogP contribution in [0.25, 0.3) is 20.9 Å². The first kappa shape index (κ1) is 17.1. The molecule has 1 aromatic carbocycles. The van der Waals surface area contributed by atoms with E-state index in [0.29, 0.717) is 17.7 Å². The molecule has 126 valence electrons. The van der Waals surface area contributed by atoms with Gasteiger partial charge in [0.2, 0.25) is 0 Å². The van der Waals surface area contributed by atoms with Crippen LogP contribution in [0, 0.1) is 0 Å². The van der Waals surface area contributed by atoms with E-state index in [-0.39, 0.29) is 11.8 Å². The average molecular weight is 497 g/mol. The van der Waals surface area contributed by atoms with Crippen molar-refractivity contribution in [2.75, 3.05) is 6.54 Å². The van der Waals surface area contributed by atoms with Gasteiger partial charge in [-0.1, -0.05) is 12.1 Å². The number of imide groups is 1. The zero-order chi connectivity index (χ0) is 17.7. The molecule has 0 radical (unpaired) electrons. The van der Waals surface area contributed by atoms with Gasteiger partial charge in [-0.15, -0.1) is 22.7 Å². The second kappa shape index (κ2) is 6.46. The lowest BCUT2D eigenvalue weighted by molar-refractivity contribution is 0.0663. The maximum atomic E-state index is 12.9. The van der Waals surface area contributed by atoms with Crippen LogP contribution in [0.5, 0.6) is 0 Å². The number of halogens is 2. The van der Waals surface area contributed by atoms with Crippen LogP contribution < -0.4 is 0 Å². The Balaban J connectivity index is 2.00. The number of hydrogen-bond acceptors (Lipinski definition) is 4. The van der Waals surface area contributed by atoms with Crippen molar-refractivity contribution in [2.24, 2.45) is 0 Å². The predicted molar refractivity (Wildman–Crippen MR) is 110 cm³/mol. The summed E-state index contributed by atoms with van der Waals surface area (Å²) in [6.45, 7) is 2.19. The first-order valence-corrected chi connectivity index (χ1v) is 10.8. The third kappa shape index (κ3) is 2.73. The molecule has 0 N–H and O–H groups in total. The number of benzene rings is 1. The van der Waals surface area contributed by atoms with E-state index in [2.05, 4.69) is 31.9 Å². The van der Waals surface area contributed by atoms with E-state index >= 15 is 0 Å². The molecule has 0 saturated heterocycles. The summed E-state index contributed by atoms with van der Waals surface area (Å²) in [6.07, 6.45) is 0. The fourth-order valence-corrected chi connectivity index (χ4v) is 5.86. The Hall–Kier alpha value is -1.28. The summed E-state index contributed by atoms with van der Waals surface area (Å²) in [7, 11) is 0. The van der Waals surface area contributed by atoms with Gasteiger partial charge in [0.15, 0.2) is 0 Å². The molecule has 1 aliphatic heterocycles. The molecule has 3 heterocycles. The molecular formula is C18H11Br2NO2S2. The number of nitrogens with zero attached hydrogens (tertiary/aromatic N) is 1. The highest BCUT2D eigenvalue weighted by Crippen LogP contribution is 2.43. The lowest BCUT2D eigenvalue weighted by atomic mass is 9.96. The zero-order valence-electron chi connectivity index (χ0n) is 13.0. The van der Waals surface area contributed by atoms with Gasteiger partial charge in [0, 0.05) is 27.4 Å². The Labute approximate surface area is 169 Å². The molecule has 0 fully saturated rings. The predicted octanol–water partition coefficient (Wildman–Crippen LogP) is 6.28. The first-order chi connectivity index (χ1) is 12.0. The van der Waals surface area contributed by atoms with Crippen molar-refractivity contribution in [1.29, 1.82) is 0 Å². The summed E-state index contributed by atoms with van der Waals surface area (Å²) in [5.41, 5.74) is 2.67. The second-order valence-electron chi connectivity index (χ2n) is 5.47. The molecule has 0 unspecified atom stereocenters. The number of thiophene rings is 2. The van der Waals surface area contributed by atoms with Crippen molar-refractivity contribution in [3.63, 3.8) is 0 Å². The maximum absolute atomic E-state index is 12.9. The van der Waals surface area contributed by atoms with Gasteiger partial charge < -0.3 is 0 Å². The minimum Gasteiger partial charge on any atom is -0.275 e. The van der Waals surface area contributed by atoms with Gasteiger partial charge in [-0.3, -0.25) is 14.5 Å². The Morgan fingerprint density at radius 2 is 1.24 bits per heavy atom. The highest BCUT2D eigenvalue weighted by atomic mass is 79.9. The van der Waals surface area contributed by atoms with Gasteiger partial charge in [0.05, 0.1) is 18.7 Å². The van der Waals surface area contributed by atoms with Gasteiger partial charge in [0.1, 0.15) is 0 Å². The highest BCUT2D eigenvalue weighted by Gasteiger charge is 2.39. The molecule has 0 aliphatic carbocycles. The van der Waals surface area contributed by atoms with Crippen LogP contribution in [0.15, 0.2) is 44.0 Å². The van der Waals surface area contributed by atoms with E-state index in [0.717, 1.165) is 28.5 Å². The number of fused-ring (bicyclic) bond motifs is 1. The lowest BCUT2D eigenvalue weighted by Crippen LogP contribution is -2.29. The Morgan fingerprint density at radius 3 is 1.56 bits per heavy atom. The van der Waals surface area contributed by atoms with Crippen LogP contribution in [-0.4, -0.2) is 23.3 Å². The topological polar surface area (TPSA) is 37.4 Å². The van der Waals surface area contributed by atoms with Crippen molar-refractivity contribution in [1.82, 2.24) is 4.90 Å². The van der Waals surface area contributed by atoms with E-state index in [1.165, 1.54) is 4.90 Å². The monoisotopic (exact) mass is 495 g/mol. The molecule has 4 rings (SSSR count). The molecule has 25 heavy (non-hydrogen) atoms. The fraction of sp³-hybridized carbons (Fsp3) is 0.111. The normalized spacial score (nSPS) is 13.6. The minimum absolute atomic E-state index is 0.209. The number of rotatable bonds is 3. The lowest BCUT2D eigenvalue weighted by Gasteiger charge is -2.09. The summed E-state index contributed by atoms with van der Waals surface area (Å²) in [6, 6.07) is 11.7. The average Bonchev–Trinajstić information content (AvgIpc) is 3.27. The molecular weight excluding hydrogens is 486 g/mol. The zero-order valence-corrected chi connectivity index (χ0v) is 17.8. The third-order valence-corrected chi connectivity index (χ3v) is 7.43. The summed E-state index contributed by atoms with van der Waals surface area (Å²) >= 11 is 10.0. The van der Waals surface area contributed by atoms with E-state index in [4.69, 9.17) is 0 Å². The van der Waals surface area contributed by atoms with Gasteiger partial charge in [0.25, 0.3) is 11.8 Å². The first-order valence-electron chi connectivity index (χ1n) is 7.56. The molecule has 3 aromatic rings. The summed E-state index contributed by atoms with van der Waals surface area (Å²) in [5, 5.41) is 0. The molecule has 2 amide bonds. The number of amides is 2. The Kier molecular flexibility index (Phi) is 4.43. The summed E-state index contributed by atoms with van der Waals surface area (Å²) in [4.78, 5) is 29.1. The van der Waals surface area contributed by atoms with Gasteiger partial charge >= 0.3 is 0 Å². The number of carbonyl (C=O) groups is 2. The third-order valence-electron chi connectivity index (χ3n) is 4.12. The van der Waals surface area contributed by atoms with E-state index in [1.807, 2.05) is 43.3 Å². The van der Waals surface area contributed by atoms with Crippen molar-refractivity contribution < 1.29 is 9.59 Å². The van der Waals surface area contributed by atoms with Crippen molar-refractivity contribution in [3.05, 3.63) is 55.1 Å². The van der Waals surface area contributed by atoms with Crippen molar-refractivity contribution in [2.45, 2.75) is 6.92 Å². The largest absolute Gasteiger partial charge is 0.275 e. The SMILES string of the molecule is CCN1C(=O)c2c(-c3ccc(Br)s3)ccc(-c3ccc(Br)s3)c2C1=O. The molecule has 0 spiro atoms. The molecule has 2 aromatic heterocycles. The van der Waals surface area contributed by atoms with Crippen LogP contribution in [0.4, 0.5) is 0 Å². The highest BCUT2D eigenvalue weighted by molar-refractivity contribution is 9.11. The minimum atomic E-state index is -0.209. The maximum Gasteiger partial charge on any atom is 0.262 e. The van der Waals surface area contributed by atoms with Crippen molar-refractivity contribution in [3.8, 4) is 20.9 Å². The van der Waals surface area contributed by atoms with Crippen LogP contribution >= 0.6 is 54.5 Å². The van der Waals surface area contributed by atoms with E-state index in [1.54, 1.807) is 22.7 Å². The number of carbonyl (C=O) groups excluding carboxylic acids is 2. The van der Waals surface area contributed by atoms with Gasteiger partial charge in [-0.05, 0) is 63.0 Å². The molecule has 7 heteroatoms. The fourth-order valence-electron chi connectivity index (χ4n) is 3.03. The van der Waals surface area contributed by atoms with Crippen LogP contribution in [0.2, 0.25) is 0 Å². The number of hydrogen-bond donors (Lipinski definition) is 0. The van der Waals surface area contributed by atoms with Crippen molar-refractivity contribution >= 4 is 66.3 Å². The van der Waals surface area contributed by atoms with Crippen LogP contribution in [-0.2, 0) is 0 Å². The van der Waals surface area contributed by atoms with Gasteiger partial charge in [-0.2, -0.15) is 0 Å². The standard InChI is InChI=1S/C18H11Br2NO2S2/c1-2-21-17(22)15-9(11-5-7-13(19)24-11)3-4-10(16(15)18(21)23)12-6-8-14(20)25-12/h3-8H,2H2,1H3. The summed E-state index contributed by atoms with van der Waals surface area (Å²) < 4.78 is 1.98. The van der Waals surface area contributed by atoms with Crippen LogP contribution in [0.1, 0.15) is 27.6 Å². The van der Waals surface area contributed by atoms with E-state index in [9.17, 15) is 9.59 Å². The smallest absolute Gasteiger partial charge is 0.262 e. The van der Waals surface area contributed by atoms with Gasteiger partial charge in [-0.25, -0.2) is 0 Å². The molecule has 0 bridgehead atoms. The Bertz CT molecular complexity index is 943. The second-order valence-corrected chi connectivity index (χ2v) is 10.4. The van der Waals surface area contributed by atoms with E-state index < -0.39 is 0 Å². The molecule has 3 nitrogen and oxygen atoms in total. The Morgan fingerprint density at radius 1 is 0.800 bits per heavy atom.